The maximum atomic E-state index is 9.82. The van der Waals surface area contributed by atoms with E-state index in [9.17, 15) is 5.11 Å². The smallest absolute Gasteiger partial charge is 0.0867 e. The third kappa shape index (κ3) is 7.29. The summed E-state index contributed by atoms with van der Waals surface area (Å²) in [5.41, 5.74) is 1.31. The molecule has 1 aliphatic carbocycles. The summed E-state index contributed by atoms with van der Waals surface area (Å²) in [6.45, 7) is 2.41. The minimum atomic E-state index is -0.442. The van der Waals surface area contributed by atoms with Gasteiger partial charge in [-0.25, -0.2) is 0 Å². The quantitative estimate of drug-likeness (QED) is 0.484. The lowest BCUT2D eigenvalue weighted by Gasteiger charge is -2.11. The Balaban J connectivity index is 1.60. The lowest BCUT2D eigenvalue weighted by atomic mass is 10.2. The van der Waals surface area contributed by atoms with Crippen LogP contribution in [0.15, 0.2) is 29.2 Å². The first-order valence-corrected chi connectivity index (χ1v) is 8.46. The Morgan fingerprint density at radius 1 is 1.29 bits per heavy atom. The van der Waals surface area contributed by atoms with E-state index in [-0.39, 0.29) is 0 Å². The summed E-state index contributed by atoms with van der Waals surface area (Å²) in [5.74, 6) is 0.645. The monoisotopic (exact) mass is 311 g/mol. The maximum Gasteiger partial charge on any atom is 0.0867 e. The van der Waals surface area contributed by atoms with E-state index in [0.29, 0.717) is 25.6 Å². The molecule has 1 aromatic carbocycles. The van der Waals surface area contributed by atoms with E-state index in [2.05, 4.69) is 29.6 Å². The zero-order valence-electron chi connectivity index (χ0n) is 12.6. The first-order chi connectivity index (χ1) is 10.3. The summed E-state index contributed by atoms with van der Waals surface area (Å²) in [6, 6.07) is 9.28. The van der Waals surface area contributed by atoms with Gasteiger partial charge in [0.15, 0.2) is 0 Å². The van der Waals surface area contributed by atoms with Crippen LogP contribution in [0.4, 0.5) is 0 Å². The number of rotatable bonds is 11. The number of methoxy groups -OCH3 is 1. The van der Waals surface area contributed by atoms with Crippen molar-refractivity contribution in [1.29, 1.82) is 0 Å². The Labute approximate surface area is 131 Å². The van der Waals surface area contributed by atoms with Crippen molar-refractivity contribution < 1.29 is 14.6 Å². The van der Waals surface area contributed by atoms with Crippen LogP contribution in [0, 0.1) is 0 Å². The predicted molar refractivity (Wildman–Crippen MR) is 85.7 cm³/mol. The molecular formula is C16H25NO3S. The number of thioether (sulfide) groups is 1. The van der Waals surface area contributed by atoms with E-state index >= 15 is 0 Å². The van der Waals surface area contributed by atoms with Crippen molar-refractivity contribution in [3.63, 3.8) is 0 Å². The molecule has 0 aliphatic heterocycles. The highest BCUT2D eigenvalue weighted by molar-refractivity contribution is 7.99. The fourth-order valence-corrected chi connectivity index (χ4v) is 2.66. The van der Waals surface area contributed by atoms with Crippen molar-refractivity contribution in [3.05, 3.63) is 29.8 Å². The molecule has 1 saturated carbocycles. The molecule has 4 nitrogen and oxygen atoms in total. The molecule has 0 saturated heterocycles. The Kier molecular flexibility index (Phi) is 7.53. The molecule has 0 amide bonds. The minimum Gasteiger partial charge on any atom is -0.390 e. The molecule has 1 unspecified atom stereocenters. The Bertz CT molecular complexity index is 395. The summed E-state index contributed by atoms with van der Waals surface area (Å²) >= 11 is 1.66. The predicted octanol–water partition coefficient (Wildman–Crippen LogP) is 2.05. The Hall–Kier alpha value is -0.590. The number of hydrogen-bond acceptors (Lipinski definition) is 5. The average molecular weight is 311 g/mol. The van der Waals surface area contributed by atoms with Gasteiger partial charge in [0.2, 0.25) is 0 Å². The van der Waals surface area contributed by atoms with Crippen LogP contribution in [0.25, 0.3) is 0 Å². The van der Waals surface area contributed by atoms with E-state index in [1.165, 1.54) is 23.3 Å². The fourth-order valence-electron chi connectivity index (χ4n) is 1.86. The first kappa shape index (κ1) is 16.8. The van der Waals surface area contributed by atoms with E-state index in [0.717, 1.165) is 12.6 Å². The molecule has 1 fully saturated rings. The minimum absolute atomic E-state index is 0.361. The van der Waals surface area contributed by atoms with Gasteiger partial charge in [0.1, 0.15) is 0 Å². The third-order valence-corrected chi connectivity index (χ3v) is 4.44. The molecule has 0 heterocycles. The summed E-state index contributed by atoms with van der Waals surface area (Å²) < 4.78 is 10.2. The van der Waals surface area contributed by atoms with Gasteiger partial charge in [0.05, 0.1) is 25.9 Å². The number of aliphatic hydroxyl groups excluding tert-OH is 1. The van der Waals surface area contributed by atoms with Gasteiger partial charge in [-0.15, -0.1) is 11.8 Å². The van der Waals surface area contributed by atoms with Gasteiger partial charge >= 0.3 is 0 Å². The molecular weight excluding hydrogens is 286 g/mol. The van der Waals surface area contributed by atoms with Gasteiger partial charge in [-0.05, 0) is 30.5 Å². The molecule has 0 bridgehead atoms. The molecule has 1 aromatic rings. The highest BCUT2D eigenvalue weighted by Gasteiger charge is 2.19. The number of aliphatic hydroxyl groups is 1. The van der Waals surface area contributed by atoms with Crippen molar-refractivity contribution >= 4 is 11.8 Å². The lowest BCUT2D eigenvalue weighted by molar-refractivity contribution is 0.0218. The van der Waals surface area contributed by atoms with Gasteiger partial charge in [-0.3, -0.25) is 0 Å². The molecule has 2 N–H and O–H groups in total. The first-order valence-electron chi connectivity index (χ1n) is 7.48. The van der Waals surface area contributed by atoms with Crippen molar-refractivity contribution in [1.82, 2.24) is 5.32 Å². The molecule has 1 atom stereocenters. The summed E-state index contributed by atoms with van der Waals surface area (Å²) in [7, 11) is 1.64. The Morgan fingerprint density at radius 2 is 2.05 bits per heavy atom. The summed E-state index contributed by atoms with van der Waals surface area (Å²) in [5, 5.41) is 13.3. The van der Waals surface area contributed by atoms with Crippen molar-refractivity contribution in [3.8, 4) is 0 Å². The zero-order valence-corrected chi connectivity index (χ0v) is 13.4. The van der Waals surface area contributed by atoms with Crippen LogP contribution < -0.4 is 5.32 Å². The molecule has 118 valence electrons. The van der Waals surface area contributed by atoms with Crippen LogP contribution in [0.2, 0.25) is 0 Å². The van der Waals surface area contributed by atoms with Gasteiger partial charge in [-0.1, -0.05) is 12.1 Å². The normalized spacial score (nSPS) is 16.1. The number of hydrogen-bond donors (Lipinski definition) is 2. The lowest BCUT2D eigenvalue weighted by Crippen LogP contribution is -2.19. The second-order valence-corrected chi connectivity index (χ2v) is 6.43. The summed E-state index contributed by atoms with van der Waals surface area (Å²) in [4.78, 5) is 1.18. The van der Waals surface area contributed by atoms with Crippen LogP contribution >= 0.6 is 11.8 Å². The fraction of sp³-hybridized carbons (Fsp3) is 0.625. The largest absolute Gasteiger partial charge is 0.390 e. The van der Waals surface area contributed by atoms with Crippen LogP contribution in [0.3, 0.4) is 0 Å². The van der Waals surface area contributed by atoms with Gasteiger partial charge in [-0.2, -0.15) is 0 Å². The third-order valence-electron chi connectivity index (χ3n) is 3.28. The van der Waals surface area contributed by atoms with Crippen molar-refractivity contribution in [2.24, 2.45) is 0 Å². The van der Waals surface area contributed by atoms with Crippen LogP contribution in [0.1, 0.15) is 18.4 Å². The van der Waals surface area contributed by atoms with Crippen molar-refractivity contribution in [2.45, 2.75) is 36.4 Å². The molecule has 0 radical (unpaired) electrons. The molecule has 21 heavy (non-hydrogen) atoms. The number of ether oxygens (including phenoxy) is 2. The van der Waals surface area contributed by atoms with Crippen LogP contribution in [-0.2, 0) is 16.0 Å². The van der Waals surface area contributed by atoms with Crippen LogP contribution in [-0.4, -0.2) is 49.9 Å². The number of nitrogens with one attached hydrogen (secondary N) is 1. The van der Waals surface area contributed by atoms with E-state index in [4.69, 9.17) is 9.47 Å². The molecule has 2 rings (SSSR count). The van der Waals surface area contributed by atoms with Gasteiger partial charge < -0.3 is 19.9 Å². The number of benzene rings is 1. The SMILES string of the molecule is COCCOCC(O)CSc1ccc(CNC2CC2)cc1. The second kappa shape index (κ2) is 9.43. The molecule has 0 spiro atoms. The molecule has 1 aliphatic rings. The van der Waals surface area contributed by atoms with Crippen molar-refractivity contribution in [2.75, 3.05) is 32.7 Å². The van der Waals surface area contributed by atoms with Gasteiger partial charge in [0.25, 0.3) is 0 Å². The van der Waals surface area contributed by atoms with E-state index in [1.807, 2.05) is 0 Å². The highest BCUT2D eigenvalue weighted by Crippen LogP contribution is 2.21. The highest BCUT2D eigenvalue weighted by atomic mass is 32.2. The molecule has 0 aromatic heterocycles. The summed E-state index contributed by atoms with van der Waals surface area (Å²) in [6.07, 6.45) is 2.19. The van der Waals surface area contributed by atoms with E-state index < -0.39 is 6.10 Å². The average Bonchev–Trinajstić information content (AvgIpc) is 3.33. The van der Waals surface area contributed by atoms with E-state index in [1.54, 1.807) is 18.9 Å². The molecule has 5 heteroatoms. The van der Waals surface area contributed by atoms with Gasteiger partial charge in [0, 0.05) is 30.3 Å². The second-order valence-electron chi connectivity index (χ2n) is 5.33. The van der Waals surface area contributed by atoms with Crippen LogP contribution in [0.5, 0.6) is 0 Å². The topological polar surface area (TPSA) is 50.7 Å². The standard InChI is InChI=1S/C16H25NO3S/c1-19-8-9-20-11-15(18)12-21-16-6-2-13(3-7-16)10-17-14-4-5-14/h2-3,6-7,14-15,17-18H,4-5,8-12H2,1H3. The maximum absolute atomic E-state index is 9.82. The zero-order chi connectivity index (χ0) is 14.9. The Morgan fingerprint density at radius 3 is 2.71 bits per heavy atom.